The minimum absolute atomic E-state index is 0.0933. The molecule has 0 atom stereocenters. The maximum atomic E-state index is 13.6. The first-order valence-electron chi connectivity index (χ1n) is 5.98. The second kappa shape index (κ2) is 5.60. The van der Waals surface area contributed by atoms with Crippen molar-refractivity contribution in [1.29, 1.82) is 0 Å². The lowest BCUT2D eigenvalue weighted by Gasteiger charge is -2.08. The summed E-state index contributed by atoms with van der Waals surface area (Å²) < 4.78 is 15.0. The maximum absolute atomic E-state index is 13.6. The first-order valence-corrected chi connectivity index (χ1v) is 5.98. The van der Waals surface area contributed by atoms with E-state index in [9.17, 15) is 14.3 Å². The molecule has 0 aliphatic rings. The Balaban J connectivity index is 2.55. The van der Waals surface area contributed by atoms with Crippen LogP contribution in [0.25, 0.3) is 11.6 Å². The molecule has 1 N–H and O–H groups in total. The maximum Gasteiger partial charge on any atom is 0.339 e. The number of carboxylic acids is 1. The molecule has 0 unspecified atom stereocenters. The Morgan fingerprint density at radius 2 is 2.10 bits per heavy atom. The molecule has 1 heterocycles. The molecule has 2 aromatic rings. The van der Waals surface area contributed by atoms with Gasteiger partial charge in [-0.05, 0) is 36.4 Å². The molecule has 104 valence electrons. The number of hydrogen-bond donors (Lipinski definition) is 1. The summed E-state index contributed by atoms with van der Waals surface area (Å²) >= 11 is 0. The van der Waals surface area contributed by atoms with E-state index in [1.54, 1.807) is 6.07 Å². The van der Waals surface area contributed by atoms with Crippen LogP contribution in [0, 0.1) is 5.82 Å². The highest BCUT2D eigenvalue weighted by Gasteiger charge is 2.20. The number of hydrogen-bond acceptors (Lipinski definition) is 4. The Morgan fingerprint density at radius 3 is 2.70 bits per heavy atom. The van der Waals surface area contributed by atoms with Gasteiger partial charge in [0.1, 0.15) is 11.4 Å². The highest BCUT2D eigenvalue weighted by molar-refractivity contribution is 6.19. The molecule has 0 amide bonds. The molecule has 0 saturated heterocycles. The summed E-state index contributed by atoms with van der Waals surface area (Å²) in [4.78, 5) is 11.4. The fraction of sp³-hybridized carbons (Fsp3) is 0.231. The molecule has 1 aromatic carbocycles. The van der Waals surface area contributed by atoms with Gasteiger partial charge < -0.3 is 5.11 Å². The minimum Gasteiger partial charge on any atom is -0.478 e. The molecular formula is C13H13FN4O2. The topological polar surface area (TPSA) is 80.9 Å². The van der Waals surface area contributed by atoms with E-state index in [0.717, 1.165) is 0 Å². The van der Waals surface area contributed by atoms with Gasteiger partial charge in [-0.25, -0.2) is 13.9 Å². The summed E-state index contributed by atoms with van der Waals surface area (Å²) in [5.41, 5.74) is 0.0111. The van der Waals surface area contributed by atoms with E-state index >= 15 is 0 Å². The number of nitrogens with zero attached hydrogens (tertiary/aromatic N) is 4. The molecule has 6 nitrogen and oxygen atoms in total. The Bertz CT molecular complexity index is 664. The monoisotopic (exact) mass is 276 g/mol. The zero-order chi connectivity index (χ0) is 14.7. The van der Waals surface area contributed by atoms with Crippen molar-refractivity contribution in [1.82, 2.24) is 20.2 Å². The van der Waals surface area contributed by atoms with Crippen LogP contribution in [0.15, 0.2) is 24.3 Å². The van der Waals surface area contributed by atoms with Crippen LogP contribution in [-0.2, 0) is 4.79 Å². The Hall–Kier alpha value is -2.57. The summed E-state index contributed by atoms with van der Waals surface area (Å²) in [5, 5.41) is 20.2. The molecule has 0 aliphatic carbocycles. The van der Waals surface area contributed by atoms with Gasteiger partial charge in [-0.3, -0.25) is 0 Å². The predicted molar refractivity (Wildman–Crippen MR) is 70.1 cm³/mol. The van der Waals surface area contributed by atoms with Crippen LogP contribution < -0.4 is 0 Å². The number of benzene rings is 1. The SMILES string of the molecule is CC(C)n1nnnc1C(=Cc1ccccc1F)C(=O)O. The lowest BCUT2D eigenvalue weighted by Crippen LogP contribution is -2.12. The Morgan fingerprint density at radius 1 is 1.40 bits per heavy atom. The van der Waals surface area contributed by atoms with Gasteiger partial charge in [0.05, 0.1) is 6.04 Å². The summed E-state index contributed by atoms with van der Waals surface area (Å²) in [7, 11) is 0. The molecule has 0 radical (unpaired) electrons. The fourth-order valence-electron chi connectivity index (χ4n) is 1.69. The Labute approximate surface area is 114 Å². The Kier molecular flexibility index (Phi) is 3.88. The molecule has 0 fully saturated rings. The smallest absolute Gasteiger partial charge is 0.339 e. The normalized spacial score (nSPS) is 11.9. The first-order chi connectivity index (χ1) is 9.50. The van der Waals surface area contributed by atoms with E-state index in [-0.39, 0.29) is 23.0 Å². The number of tetrazole rings is 1. The third-order valence-electron chi connectivity index (χ3n) is 2.66. The van der Waals surface area contributed by atoms with Crippen molar-refractivity contribution in [2.75, 3.05) is 0 Å². The lowest BCUT2D eigenvalue weighted by molar-refractivity contribution is -0.130. The van der Waals surface area contributed by atoms with E-state index in [0.29, 0.717) is 0 Å². The highest BCUT2D eigenvalue weighted by atomic mass is 19.1. The quantitative estimate of drug-likeness (QED) is 0.864. The van der Waals surface area contributed by atoms with Crippen molar-refractivity contribution in [2.45, 2.75) is 19.9 Å². The molecule has 0 bridgehead atoms. The molecule has 0 spiro atoms. The first kappa shape index (κ1) is 13.9. The largest absolute Gasteiger partial charge is 0.478 e. The van der Waals surface area contributed by atoms with Crippen molar-refractivity contribution < 1.29 is 14.3 Å². The molecule has 7 heteroatoms. The van der Waals surface area contributed by atoms with Crippen LogP contribution in [0.4, 0.5) is 4.39 Å². The van der Waals surface area contributed by atoms with Crippen LogP contribution >= 0.6 is 0 Å². The van der Waals surface area contributed by atoms with Gasteiger partial charge in [0.25, 0.3) is 0 Å². The average molecular weight is 276 g/mol. The fourth-order valence-corrected chi connectivity index (χ4v) is 1.69. The van der Waals surface area contributed by atoms with Crippen molar-refractivity contribution in [3.63, 3.8) is 0 Å². The molecule has 20 heavy (non-hydrogen) atoms. The van der Waals surface area contributed by atoms with Gasteiger partial charge in [-0.1, -0.05) is 18.2 Å². The molecule has 0 saturated carbocycles. The third kappa shape index (κ3) is 2.71. The average Bonchev–Trinajstić information content (AvgIpc) is 2.86. The third-order valence-corrected chi connectivity index (χ3v) is 2.66. The van der Waals surface area contributed by atoms with Crippen molar-refractivity contribution in [3.05, 3.63) is 41.5 Å². The van der Waals surface area contributed by atoms with Gasteiger partial charge in [-0.15, -0.1) is 5.10 Å². The van der Waals surface area contributed by atoms with E-state index in [1.165, 1.54) is 29.0 Å². The summed E-state index contributed by atoms with van der Waals surface area (Å²) in [6.45, 7) is 3.64. The zero-order valence-electron chi connectivity index (χ0n) is 11.0. The second-order valence-electron chi connectivity index (χ2n) is 4.43. The number of carboxylic acid groups (broad SMARTS) is 1. The van der Waals surface area contributed by atoms with Crippen molar-refractivity contribution >= 4 is 17.6 Å². The van der Waals surface area contributed by atoms with Crippen molar-refractivity contribution in [3.8, 4) is 0 Å². The predicted octanol–water partition coefficient (Wildman–Crippen LogP) is 2.02. The van der Waals surface area contributed by atoms with Crippen LogP contribution in [0.1, 0.15) is 31.3 Å². The van der Waals surface area contributed by atoms with Crippen LogP contribution in [0.2, 0.25) is 0 Å². The molecule has 1 aromatic heterocycles. The van der Waals surface area contributed by atoms with Crippen LogP contribution in [0.5, 0.6) is 0 Å². The van der Waals surface area contributed by atoms with E-state index in [4.69, 9.17) is 0 Å². The number of rotatable bonds is 4. The summed E-state index contributed by atoms with van der Waals surface area (Å²) in [6, 6.07) is 5.80. The van der Waals surface area contributed by atoms with Gasteiger partial charge in [-0.2, -0.15) is 0 Å². The number of carbonyl (C=O) groups is 1. The van der Waals surface area contributed by atoms with Gasteiger partial charge in [0.15, 0.2) is 5.82 Å². The van der Waals surface area contributed by atoms with E-state index < -0.39 is 11.8 Å². The van der Waals surface area contributed by atoms with E-state index in [1.807, 2.05) is 13.8 Å². The number of aromatic nitrogens is 4. The molecular weight excluding hydrogens is 263 g/mol. The van der Waals surface area contributed by atoms with Crippen LogP contribution in [0.3, 0.4) is 0 Å². The standard InChI is InChI=1S/C13H13FN4O2/c1-8(2)18-12(15-16-17-18)10(13(19)20)7-9-5-3-4-6-11(9)14/h3-8H,1-2H3,(H,19,20). The van der Waals surface area contributed by atoms with Gasteiger partial charge in [0, 0.05) is 5.56 Å². The molecule has 0 aliphatic heterocycles. The highest BCUT2D eigenvalue weighted by Crippen LogP contribution is 2.20. The van der Waals surface area contributed by atoms with Gasteiger partial charge >= 0.3 is 5.97 Å². The lowest BCUT2D eigenvalue weighted by atomic mass is 10.1. The number of halogens is 1. The molecule has 2 rings (SSSR count). The number of aliphatic carboxylic acids is 1. The summed E-state index contributed by atoms with van der Waals surface area (Å²) in [5.74, 6) is -1.63. The minimum atomic E-state index is -1.22. The van der Waals surface area contributed by atoms with E-state index in [2.05, 4.69) is 15.5 Å². The van der Waals surface area contributed by atoms with Crippen LogP contribution in [-0.4, -0.2) is 31.3 Å². The van der Waals surface area contributed by atoms with Crippen molar-refractivity contribution in [2.24, 2.45) is 0 Å². The summed E-state index contributed by atoms with van der Waals surface area (Å²) in [6.07, 6.45) is 1.22. The second-order valence-corrected chi connectivity index (χ2v) is 4.43. The van der Waals surface area contributed by atoms with Gasteiger partial charge in [0.2, 0.25) is 0 Å². The zero-order valence-corrected chi connectivity index (χ0v) is 11.0.